The Balaban J connectivity index is 1.99. The summed E-state index contributed by atoms with van der Waals surface area (Å²) in [5.41, 5.74) is 6.23. The molecule has 25 heavy (non-hydrogen) atoms. The van der Waals surface area contributed by atoms with Crippen molar-refractivity contribution < 1.29 is 9.66 Å². The largest absolute Gasteiger partial charge is 0.493 e. The van der Waals surface area contributed by atoms with Crippen LogP contribution in [0.4, 0.5) is 5.69 Å². The zero-order valence-electron chi connectivity index (χ0n) is 14.4. The summed E-state index contributed by atoms with van der Waals surface area (Å²) in [7, 11) is 0. The average molecular weight is 335 g/mol. The molecule has 4 heteroatoms. The van der Waals surface area contributed by atoms with Gasteiger partial charge in [-0.1, -0.05) is 18.7 Å². The number of nitro groups is 1. The van der Waals surface area contributed by atoms with Crippen molar-refractivity contribution in [1.82, 2.24) is 0 Å². The predicted octanol–water partition coefficient (Wildman–Crippen LogP) is 5.42. The molecule has 2 aliphatic rings. The molecule has 128 valence electrons. The molecule has 1 fully saturated rings. The molecule has 0 aromatic heterocycles. The fourth-order valence-electron chi connectivity index (χ4n) is 3.86. The van der Waals surface area contributed by atoms with E-state index in [0.717, 1.165) is 65.9 Å². The maximum absolute atomic E-state index is 11.7. The molecule has 2 aromatic rings. The number of hydrogen-bond acceptors (Lipinski definition) is 3. The van der Waals surface area contributed by atoms with Crippen molar-refractivity contribution in [3.63, 3.8) is 0 Å². The van der Waals surface area contributed by atoms with Crippen molar-refractivity contribution in [2.45, 2.75) is 38.5 Å². The highest BCUT2D eigenvalue weighted by molar-refractivity contribution is 5.84. The summed E-state index contributed by atoms with van der Waals surface area (Å²) < 4.78 is 5.72. The molecule has 0 N–H and O–H groups in total. The number of nitrogens with zero attached hydrogens (tertiary/aromatic N) is 1. The van der Waals surface area contributed by atoms with Gasteiger partial charge in [-0.25, -0.2) is 0 Å². The Kier molecular flexibility index (Phi) is 3.83. The Labute approximate surface area is 147 Å². The van der Waals surface area contributed by atoms with Crippen LogP contribution in [-0.2, 0) is 6.42 Å². The first-order valence-electron chi connectivity index (χ1n) is 8.80. The fourth-order valence-corrected chi connectivity index (χ4v) is 3.86. The lowest BCUT2D eigenvalue weighted by atomic mass is 9.86. The van der Waals surface area contributed by atoms with E-state index in [1.54, 1.807) is 6.07 Å². The molecule has 1 saturated carbocycles. The maximum Gasteiger partial charge on any atom is 0.273 e. The molecular formula is C21H21NO3. The summed E-state index contributed by atoms with van der Waals surface area (Å²) in [5.74, 6) is 1.22. The summed E-state index contributed by atoms with van der Waals surface area (Å²) in [6.07, 6.45) is 5.85. The minimum absolute atomic E-state index is 0.238. The standard InChI is InChI=1S/C21H21NO3/c1-3-17-13(2)11-18(22(23)24)21(14-6-7-14)20(17)16-8-9-19-15(12-16)5-4-10-25-19/h3,8-9,11-12,14H,1,4-7,10H2,2H3. The predicted molar refractivity (Wildman–Crippen MR) is 99.2 cm³/mol. The molecule has 2 aromatic carbocycles. The Hall–Kier alpha value is -2.62. The van der Waals surface area contributed by atoms with Gasteiger partial charge in [-0.3, -0.25) is 10.1 Å². The summed E-state index contributed by atoms with van der Waals surface area (Å²) >= 11 is 0. The van der Waals surface area contributed by atoms with Crippen LogP contribution in [-0.4, -0.2) is 11.5 Å². The highest BCUT2D eigenvalue weighted by atomic mass is 16.6. The Morgan fingerprint density at radius 3 is 2.80 bits per heavy atom. The number of hydrogen-bond donors (Lipinski definition) is 0. The van der Waals surface area contributed by atoms with E-state index in [-0.39, 0.29) is 16.5 Å². The Bertz CT molecular complexity index is 881. The summed E-state index contributed by atoms with van der Waals surface area (Å²) in [5, 5.41) is 11.7. The maximum atomic E-state index is 11.7. The summed E-state index contributed by atoms with van der Waals surface area (Å²) in [6.45, 7) is 6.65. The van der Waals surface area contributed by atoms with Crippen LogP contribution in [0.2, 0.25) is 0 Å². The van der Waals surface area contributed by atoms with Crippen LogP contribution in [0.5, 0.6) is 5.75 Å². The van der Waals surface area contributed by atoms with E-state index in [1.165, 1.54) is 5.56 Å². The second-order valence-electron chi connectivity index (χ2n) is 6.92. The summed E-state index contributed by atoms with van der Waals surface area (Å²) in [6, 6.07) is 7.88. The van der Waals surface area contributed by atoms with E-state index in [9.17, 15) is 10.1 Å². The topological polar surface area (TPSA) is 52.4 Å². The van der Waals surface area contributed by atoms with Gasteiger partial charge in [0.25, 0.3) is 5.69 Å². The van der Waals surface area contributed by atoms with Gasteiger partial charge < -0.3 is 4.74 Å². The second kappa shape index (κ2) is 6.03. The molecule has 0 saturated heterocycles. The van der Waals surface area contributed by atoms with Crippen LogP contribution in [0.25, 0.3) is 17.2 Å². The summed E-state index contributed by atoms with van der Waals surface area (Å²) in [4.78, 5) is 11.4. The smallest absolute Gasteiger partial charge is 0.273 e. The van der Waals surface area contributed by atoms with Gasteiger partial charge in [0, 0.05) is 11.6 Å². The Morgan fingerprint density at radius 2 is 2.12 bits per heavy atom. The van der Waals surface area contributed by atoms with Gasteiger partial charge in [-0.2, -0.15) is 0 Å². The zero-order chi connectivity index (χ0) is 17.6. The molecule has 4 nitrogen and oxygen atoms in total. The van der Waals surface area contributed by atoms with Crippen LogP contribution in [0.3, 0.4) is 0 Å². The van der Waals surface area contributed by atoms with E-state index in [0.29, 0.717) is 0 Å². The third kappa shape index (κ3) is 2.72. The minimum atomic E-state index is -0.238. The van der Waals surface area contributed by atoms with Gasteiger partial charge in [0.1, 0.15) is 5.75 Å². The third-order valence-corrected chi connectivity index (χ3v) is 5.18. The van der Waals surface area contributed by atoms with E-state index >= 15 is 0 Å². The van der Waals surface area contributed by atoms with Gasteiger partial charge in [-0.05, 0) is 78.5 Å². The highest BCUT2D eigenvalue weighted by Crippen LogP contribution is 2.51. The molecule has 1 heterocycles. The third-order valence-electron chi connectivity index (χ3n) is 5.18. The van der Waals surface area contributed by atoms with Crippen LogP contribution in [0.15, 0.2) is 30.8 Å². The van der Waals surface area contributed by atoms with Gasteiger partial charge in [-0.15, -0.1) is 0 Å². The molecule has 0 atom stereocenters. The quantitative estimate of drug-likeness (QED) is 0.554. The van der Waals surface area contributed by atoms with Gasteiger partial charge in [0.05, 0.1) is 11.5 Å². The van der Waals surface area contributed by atoms with Crippen LogP contribution >= 0.6 is 0 Å². The second-order valence-corrected chi connectivity index (χ2v) is 6.92. The lowest BCUT2D eigenvalue weighted by Crippen LogP contribution is -2.08. The minimum Gasteiger partial charge on any atom is -0.493 e. The average Bonchev–Trinajstić information content (AvgIpc) is 3.45. The number of benzene rings is 2. The molecular weight excluding hydrogens is 314 g/mol. The van der Waals surface area contributed by atoms with Gasteiger partial charge in [0.15, 0.2) is 0 Å². The van der Waals surface area contributed by atoms with Crippen molar-refractivity contribution in [1.29, 1.82) is 0 Å². The van der Waals surface area contributed by atoms with Crippen molar-refractivity contribution >= 4 is 11.8 Å². The number of rotatable bonds is 4. The number of ether oxygens (including phenoxy) is 1. The first kappa shape index (κ1) is 15.9. The lowest BCUT2D eigenvalue weighted by Gasteiger charge is -2.20. The highest BCUT2D eigenvalue weighted by Gasteiger charge is 2.35. The molecule has 1 aliphatic carbocycles. The lowest BCUT2D eigenvalue weighted by molar-refractivity contribution is -0.385. The van der Waals surface area contributed by atoms with Crippen molar-refractivity contribution in [3.05, 3.63) is 63.2 Å². The van der Waals surface area contributed by atoms with E-state index < -0.39 is 0 Å². The fraction of sp³-hybridized carbons (Fsp3) is 0.333. The molecule has 0 radical (unpaired) electrons. The van der Waals surface area contributed by atoms with E-state index in [1.807, 2.05) is 25.1 Å². The van der Waals surface area contributed by atoms with Crippen molar-refractivity contribution in [2.24, 2.45) is 0 Å². The van der Waals surface area contributed by atoms with Crippen molar-refractivity contribution in [2.75, 3.05) is 6.61 Å². The molecule has 0 unspecified atom stereocenters. The Morgan fingerprint density at radius 1 is 1.32 bits per heavy atom. The normalized spacial score (nSPS) is 16.0. The molecule has 4 rings (SSSR count). The monoisotopic (exact) mass is 335 g/mol. The molecule has 0 amide bonds. The number of fused-ring (bicyclic) bond motifs is 1. The van der Waals surface area contributed by atoms with E-state index in [2.05, 4.69) is 12.6 Å². The molecule has 1 aliphatic heterocycles. The van der Waals surface area contributed by atoms with Crippen molar-refractivity contribution in [3.8, 4) is 16.9 Å². The molecule has 0 bridgehead atoms. The SMILES string of the molecule is C=Cc1c(C)cc([N+](=O)[O-])c(C2CC2)c1-c1ccc2c(c1)CCCO2. The zero-order valence-corrected chi connectivity index (χ0v) is 14.4. The van der Waals surface area contributed by atoms with Gasteiger partial charge >= 0.3 is 0 Å². The first-order chi connectivity index (χ1) is 12.1. The van der Waals surface area contributed by atoms with Crippen LogP contribution in [0, 0.1) is 17.0 Å². The first-order valence-corrected chi connectivity index (χ1v) is 8.80. The number of aryl methyl sites for hydroxylation is 2. The van der Waals surface area contributed by atoms with Gasteiger partial charge in [0.2, 0.25) is 0 Å². The van der Waals surface area contributed by atoms with Crippen LogP contribution in [0.1, 0.15) is 47.4 Å². The van der Waals surface area contributed by atoms with Crippen LogP contribution < -0.4 is 4.74 Å². The molecule has 0 spiro atoms. The van der Waals surface area contributed by atoms with E-state index in [4.69, 9.17) is 4.74 Å². The number of nitro benzene ring substituents is 1.